The number of hydrogen-bond donors (Lipinski definition) is 2. The molecule has 2 aromatic heterocycles. The van der Waals surface area contributed by atoms with Gasteiger partial charge < -0.3 is 10.1 Å². The summed E-state index contributed by atoms with van der Waals surface area (Å²) < 4.78 is 0. The average Bonchev–Trinajstić information content (AvgIpc) is 3.07. The quantitative estimate of drug-likeness (QED) is 0.720. The third-order valence-corrected chi connectivity index (χ3v) is 5.66. The molecule has 2 aromatic rings. The first-order valence-corrected chi connectivity index (χ1v) is 9.48. The van der Waals surface area contributed by atoms with Gasteiger partial charge in [-0.05, 0) is 31.2 Å². The van der Waals surface area contributed by atoms with E-state index < -0.39 is 0 Å². The first kappa shape index (κ1) is 17.3. The van der Waals surface area contributed by atoms with Crippen molar-refractivity contribution in [2.24, 2.45) is 0 Å². The van der Waals surface area contributed by atoms with Crippen LogP contribution in [-0.4, -0.2) is 39.2 Å². The second-order valence-corrected chi connectivity index (χ2v) is 7.56. The normalized spacial score (nSPS) is 15.1. The second kappa shape index (κ2) is 7.59. The molecule has 2 heterocycles. The molecule has 0 amide bonds. The molecular formula is C18H25N3O2S. The molecule has 0 saturated carbocycles. The number of aryl methyl sites for hydroxylation is 2. The number of aliphatic hydroxyl groups excluding tert-OH is 1. The molecular weight excluding hydrogens is 322 g/mol. The molecule has 1 aliphatic rings. The maximum absolute atomic E-state index is 12.5. The minimum Gasteiger partial charge on any atom is -0.392 e. The predicted molar refractivity (Wildman–Crippen MR) is 98.7 cm³/mol. The van der Waals surface area contributed by atoms with E-state index in [1.807, 2.05) is 6.08 Å². The Kier molecular flexibility index (Phi) is 5.48. The monoisotopic (exact) mass is 347 g/mol. The Morgan fingerprint density at radius 3 is 3.08 bits per heavy atom. The number of rotatable bonds is 8. The van der Waals surface area contributed by atoms with Gasteiger partial charge >= 0.3 is 0 Å². The van der Waals surface area contributed by atoms with Crippen molar-refractivity contribution in [1.82, 2.24) is 14.9 Å². The van der Waals surface area contributed by atoms with Crippen LogP contribution in [0.2, 0.25) is 0 Å². The van der Waals surface area contributed by atoms with E-state index in [4.69, 9.17) is 0 Å². The number of hydrogen-bond acceptors (Lipinski definition) is 5. The SMILES string of the molecule is C=CCN(Cc1nc2sc3c(c2c(=O)[nH]1)CCC3)CC(O)CCC. The number of aromatic amines is 1. The van der Waals surface area contributed by atoms with Crippen LogP contribution in [-0.2, 0) is 19.4 Å². The van der Waals surface area contributed by atoms with Crippen LogP contribution in [0.4, 0.5) is 0 Å². The summed E-state index contributed by atoms with van der Waals surface area (Å²) in [6.07, 6.45) is 6.37. The molecule has 1 atom stereocenters. The van der Waals surface area contributed by atoms with Crippen LogP contribution in [0.5, 0.6) is 0 Å². The Bertz CT molecular complexity index is 780. The summed E-state index contributed by atoms with van der Waals surface area (Å²) in [5.74, 6) is 0.665. The van der Waals surface area contributed by atoms with E-state index in [2.05, 4.69) is 28.4 Å². The minimum absolute atomic E-state index is 0.0259. The fourth-order valence-corrected chi connectivity index (χ4v) is 4.72. The van der Waals surface area contributed by atoms with E-state index in [0.717, 1.165) is 42.3 Å². The molecule has 5 nitrogen and oxygen atoms in total. The Labute approximate surface area is 146 Å². The van der Waals surface area contributed by atoms with Gasteiger partial charge in [-0.3, -0.25) is 9.69 Å². The summed E-state index contributed by atoms with van der Waals surface area (Å²) in [4.78, 5) is 24.4. The molecule has 0 saturated heterocycles. The van der Waals surface area contributed by atoms with Crippen LogP contribution in [0.3, 0.4) is 0 Å². The lowest BCUT2D eigenvalue weighted by Crippen LogP contribution is -2.33. The zero-order chi connectivity index (χ0) is 17.1. The van der Waals surface area contributed by atoms with Crippen molar-refractivity contribution in [3.8, 4) is 0 Å². The first-order chi connectivity index (χ1) is 11.6. The second-order valence-electron chi connectivity index (χ2n) is 6.48. The Balaban J connectivity index is 1.83. The van der Waals surface area contributed by atoms with Crippen LogP contribution in [0, 0.1) is 0 Å². The van der Waals surface area contributed by atoms with Crippen molar-refractivity contribution in [3.63, 3.8) is 0 Å². The van der Waals surface area contributed by atoms with Gasteiger partial charge in [0.15, 0.2) is 0 Å². The zero-order valence-corrected chi connectivity index (χ0v) is 15.0. The standard InChI is InChI=1S/C18H25N3O2S/c1-3-6-12(22)10-21(9-4-2)11-15-19-17(23)16-13-7-5-8-14(13)24-18(16)20-15/h4,12,22H,2-3,5-11H2,1H3,(H,19,20,23). The van der Waals surface area contributed by atoms with Gasteiger partial charge in [-0.2, -0.15) is 0 Å². The van der Waals surface area contributed by atoms with Crippen molar-refractivity contribution >= 4 is 21.6 Å². The van der Waals surface area contributed by atoms with E-state index >= 15 is 0 Å². The van der Waals surface area contributed by atoms with Gasteiger partial charge in [-0.1, -0.05) is 19.4 Å². The summed E-state index contributed by atoms with van der Waals surface area (Å²) in [7, 11) is 0. The molecule has 6 heteroatoms. The van der Waals surface area contributed by atoms with Gasteiger partial charge in [-0.15, -0.1) is 17.9 Å². The van der Waals surface area contributed by atoms with E-state index in [1.54, 1.807) is 11.3 Å². The first-order valence-electron chi connectivity index (χ1n) is 8.67. The fourth-order valence-electron chi connectivity index (χ4n) is 3.44. The largest absolute Gasteiger partial charge is 0.392 e. The average molecular weight is 347 g/mol. The van der Waals surface area contributed by atoms with E-state index in [9.17, 15) is 9.90 Å². The maximum atomic E-state index is 12.5. The molecule has 2 N–H and O–H groups in total. The van der Waals surface area contributed by atoms with Crippen molar-refractivity contribution in [2.75, 3.05) is 13.1 Å². The van der Waals surface area contributed by atoms with Gasteiger partial charge in [0.1, 0.15) is 10.7 Å². The van der Waals surface area contributed by atoms with Gasteiger partial charge in [0.25, 0.3) is 5.56 Å². The molecule has 1 aliphatic carbocycles. The van der Waals surface area contributed by atoms with Crippen molar-refractivity contribution in [3.05, 3.63) is 39.3 Å². The molecule has 0 aromatic carbocycles. The number of nitrogens with one attached hydrogen (secondary N) is 1. The number of aromatic nitrogens is 2. The Morgan fingerprint density at radius 1 is 1.50 bits per heavy atom. The lowest BCUT2D eigenvalue weighted by Gasteiger charge is -2.23. The van der Waals surface area contributed by atoms with Gasteiger partial charge in [0, 0.05) is 18.0 Å². The smallest absolute Gasteiger partial charge is 0.259 e. The topological polar surface area (TPSA) is 69.2 Å². The number of aliphatic hydroxyl groups is 1. The fraction of sp³-hybridized carbons (Fsp3) is 0.556. The van der Waals surface area contributed by atoms with Crippen molar-refractivity contribution < 1.29 is 5.11 Å². The molecule has 1 unspecified atom stereocenters. The molecule has 130 valence electrons. The van der Waals surface area contributed by atoms with Gasteiger partial charge in [-0.25, -0.2) is 4.98 Å². The highest BCUT2D eigenvalue weighted by atomic mass is 32.1. The summed E-state index contributed by atoms with van der Waals surface area (Å²) in [5.41, 5.74) is 1.18. The van der Waals surface area contributed by atoms with Crippen molar-refractivity contribution in [1.29, 1.82) is 0 Å². The molecule has 3 rings (SSSR count). The predicted octanol–water partition coefficient (Wildman–Crippen LogP) is 2.62. The van der Waals surface area contributed by atoms with Crippen LogP contribution in [0.1, 0.15) is 42.5 Å². The Hall–Kier alpha value is -1.50. The molecule has 0 spiro atoms. The third kappa shape index (κ3) is 3.61. The van der Waals surface area contributed by atoms with E-state index in [1.165, 1.54) is 10.4 Å². The van der Waals surface area contributed by atoms with Gasteiger partial charge in [0.05, 0.1) is 18.0 Å². The maximum Gasteiger partial charge on any atom is 0.259 e. The summed E-state index contributed by atoms with van der Waals surface area (Å²) in [6.45, 7) is 7.57. The highest BCUT2D eigenvalue weighted by Crippen LogP contribution is 2.34. The Morgan fingerprint density at radius 2 is 2.33 bits per heavy atom. The van der Waals surface area contributed by atoms with Gasteiger partial charge in [0.2, 0.25) is 0 Å². The lowest BCUT2D eigenvalue weighted by molar-refractivity contribution is 0.106. The number of H-pyrrole nitrogens is 1. The lowest BCUT2D eigenvalue weighted by atomic mass is 10.2. The number of fused-ring (bicyclic) bond motifs is 3. The van der Waals surface area contributed by atoms with Crippen LogP contribution < -0.4 is 5.56 Å². The summed E-state index contributed by atoms with van der Waals surface area (Å²) in [6, 6.07) is 0. The van der Waals surface area contributed by atoms with Crippen LogP contribution >= 0.6 is 11.3 Å². The third-order valence-electron chi connectivity index (χ3n) is 4.48. The molecule has 24 heavy (non-hydrogen) atoms. The molecule has 0 aliphatic heterocycles. The van der Waals surface area contributed by atoms with Crippen LogP contribution in [0.15, 0.2) is 17.4 Å². The van der Waals surface area contributed by atoms with E-state index in [-0.39, 0.29) is 11.7 Å². The summed E-state index contributed by atoms with van der Waals surface area (Å²) >= 11 is 1.66. The minimum atomic E-state index is -0.365. The number of nitrogens with zero attached hydrogens (tertiary/aromatic N) is 2. The molecule has 0 bridgehead atoms. The van der Waals surface area contributed by atoms with Crippen molar-refractivity contribution in [2.45, 2.75) is 51.7 Å². The zero-order valence-electron chi connectivity index (χ0n) is 14.2. The molecule has 0 fully saturated rings. The summed E-state index contributed by atoms with van der Waals surface area (Å²) in [5, 5.41) is 10.9. The number of thiophene rings is 1. The van der Waals surface area contributed by atoms with E-state index in [0.29, 0.717) is 25.5 Å². The highest BCUT2D eigenvalue weighted by molar-refractivity contribution is 7.18. The molecule has 0 radical (unpaired) electrons. The van der Waals surface area contributed by atoms with Crippen LogP contribution in [0.25, 0.3) is 10.2 Å². The highest BCUT2D eigenvalue weighted by Gasteiger charge is 2.21.